The smallest absolute Gasteiger partial charge is 0.303 e. The zero-order valence-electron chi connectivity index (χ0n) is 12.8. The Balaban J connectivity index is 1.84. The summed E-state index contributed by atoms with van der Waals surface area (Å²) in [6.07, 6.45) is 1.32. The van der Waals surface area contributed by atoms with Crippen molar-refractivity contribution in [3.8, 4) is 5.75 Å². The molecule has 7 nitrogen and oxygen atoms in total. The lowest BCUT2D eigenvalue weighted by Crippen LogP contribution is -2.12. The van der Waals surface area contributed by atoms with Crippen LogP contribution in [0.3, 0.4) is 0 Å². The number of aromatic nitrogens is 2. The quantitative estimate of drug-likeness (QED) is 0.649. The Morgan fingerprint density at radius 2 is 2.04 bits per heavy atom. The van der Waals surface area contributed by atoms with Gasteiger partial charge in [0.1, 0.15) is 5.75 Å². The number of H-pyrrole nitrogens is 1. The highest BCUT2D eigenvalue weighted by molar-refractivity contribution is 6.02. The van der Waals surface area contributed by atoms with Crippen LogP contribution in [0.15, 0.2) is 30.3 Å². The molecule has 0 bridgehead atoms. The van der Waals surface area contributed by atoms with Gasteiger partial charge in [0, 0.05) is 17.8 Å². The second kappa shape index (κ2) is 7.98. The molecule has 1 heterocycles. The van der Waals surface area contributed by atoms with E-state index >= 15 is 0 Å². The molecule has 0 fully saturated rings. The molecular weight excluding hydrogens is 298 g/mol. The zero-order chi connectivity index (χ0) is 16.7. The van der Waals surface area contributed by atoms with E-state index in [0.717, 1.165) is 12.1 Å². The van der Waals surface area contributed by atoms with Crippen LogP contribution in [-0.4, -0.2) is 33.8 Å². The molecule has 0 saturated heterocycles. The Bertz CT molecular complexity index is 664. The minimum absolute atomic E-state index is 0.0809. The number of hydrogen-bond donors (Lipinski definition) is 3. The molecule has 3 N–H and O–H groups in total. The molecule has 1 amide bonds. The SMILES string of the molecule is CCc1cc(C(=O)Nc2ccc(OCCCC(=O)O)cc2)n[nH]1. The average molecular weight is 317 g/mol. The van der Waals surface area contributed by atoms with E-state index in [1.807, 2.05) is 6.92 Å². The molecule has 0 saturated carbocycles. The van der Waals surface area contributed by atoms with Gasteiger partial charge in [0.25, 0.3) is 5.91 Å². The third-order valence-electron chi connectivity index (χ3n) is 3.16. The van der Waals surface area contributed by atoms with E-state index in [4.69, 9.17) is 9.84 Å². The summed E-state index contributed by atoms with van der Waals surface area (Å²) >= 11 is 0. The lowest BCUT2D eigenvalue weighted by Gasteiger charge is -2.07. The summed E-state index contributed by atoms with van der Waals surface area (Å²) in [6, 6.07) is 8.60. The molecule has 1 aromatic carbocycles. The first kappa shape index (κ1) is 16.5. The molecule has 0 radical (unpaired) electrons. The van der Waals surface area contributed by atoms with Gasteiger partial charge >= 0.3 is 5.97 Å². The van der Waals surface area contributed by atoms with Gasteiger partial charge in [0.15, 0.2) is 5.69 Å². The number of aryl methyl sites for hydroxylation is 1. The molecule has 0 aliphatic rings. The third kappa shape index (κ3) is 5.14. The van der Waals surface area contributed by atoms with Crippen LogP contribution in [0.1, 0.15) is 35.9 Å². The molecule has 0 aliphatic heterocycles. The van der Waals surface area contributed by atoms with E-state index in [1.165, 1.54) is 0 Å². The summed E-state index contributed by atoms with van der Waals surface area (Å²) < 4.78 is 5.43. The number of aliphatic carboxylic acids is 1. The maximum absolute atomic E-state index is 12.0. The molecule has 2 rings (SSSR count). The van der Waals surface area contributed by atoms with E-state index in [1.54, 1.807) is 30.3 Å². The highest BCUT2D eigenvalue weighted by Crippen LogP contribution is 2.16. The van der Waals surface area contributed by atoms with Gasteiger partial charge in [-0.25, -0.2) is 0 Å². The monoisotopic (exact) mass is 317 g/mol. The fourth-order valence-corrected chi connectivity index (χ4v) is 1.90. The first-order valence-corrected chi connectivity index (χ1v) is 7.38. The predicted octanol–water partition coefficient (Wildman–Crippen LogP) is 2.47. The summed E-state index contributed by atoms with van der Waals surface area (Å²) in [5.41, 5.74) is 1.88. The number of amides is 1. The Morgan fingerprint density at radius 3 is 2.65 bits per heavy atom. The van der Waals surface area contributed by atoms with Crippen molar-refractivity contribution in [3.63, 3.8) is 0 Å². The molecule has 23 heavy (non-hydrogen) atoms. The summed E-state index contributed by atoms with van der Waals surface area (Å²) in [4.78, 5) is 22.4. The van der Waals surface area contributed by atoms with Gasteiger partial charge in [-0.05, 0) is 43.2 Å². The first-order valence-electron chi connectivity index (χ1n) is 7.38. The van der Waals surface area contributed by atoms with Crippen molar-refractivity contribution in [2.24, 2.45) is 0 Å². The van der Waals surface area contributed by atoms with Crippen LogP contribution in [0, 0.1) is 0 Å². The standard InChI is InChI=1S/C16H19N3O4/c1-2-11-10-14(19-18-11)16(22)17-12-5-7-13(8-6-12)23-9-3-4-15(20)21/h5-8,10H,2-4,9H2,1H3,(H,17,22)(H,18,19)(H,20,21). The molecule has 1 aromatic heterocycles. The number of nitrogens with zero attached hydrogens (tertiary/aromatic N) is 1. The van der Waals surface area contributed by atoms with Gasteiger partial charge in [-0.2, -0.15) is 5.10 Å². The molecule has 0 spiro atoms. The van der Waals surface area contributed by atoms with Gasteiger partial charge in [-0.15, -0.1) is 0 Å². The van der Waals surface area contributed by atoms with Gasteiger partial charge in [0.2, 0.25) is 0 Å². The Kier molecular flexibility index (Phi) is 5.74. The molecule has 122 valence electrons. The van der Waals surface area contributed by atoms with Crippen LogP contribution in [0.25, 0.3) is 0 Å². The van der Waals surface area contributed by atoms with Crippen molar-refractivity contribution >= 4 is 17.6 Å². The van der Waals surface area contributed by atoms with Crippen molar-refractivity contribution in [1.29, 1.82) is 0 Å². The Hall–Kier alpha value is -2.83. The molecule has 0 aliphatic carbocycles. The largest absolute Gasteiger partial charge is 0.494 e. The van der Waals surface area contributed by atoms with Crippen molar-refractivity contribution in [3.05, 3.63) is 41.7 Å². The van der Waals surface area contributed by atoms with Gasteiger partial charge < -0.3 is 15.2 Å². The summed E-state index contributed by atoms with van der Waals surface area (Å²) in [7, 11) is 0. The number of ether oxygens (including phenoxy) is 1. The maximum atomic E-state index is 12.0. The van der Waals surface area contributed by atoms with E-state index in [0.29, 0.717) is 30.2 Å². The van der Waals surface area contributed by atoms with Gasteiger partial charge in [0.05, 0.1) is 6.61 Å². The van der Waals surface area contributed by atoms with Crippen LogP contribution < -0.4 is 10.1 Å². The lowest BCUT2D eigenvalue weighted by atomic mass is 10.2. The van der Waals surface area contributed by atoms with Crippen LogP contribution in [0.2, 0.25) is 0 Å². The number of rotatable bonds is 8. The number of aromatic amines is 1. The molecule has 0 unspecified atom stereocenters. The highest BCUT2D eigenvalue weighted by atomic mass is 16.5. The number of carbonyl (C=O) groups is 2. The zero-order valence-corrected chi connectivity index (χ0v) is 12.8. The summed E-state index contributed by atoms with van der Waals surface area (Å²) in [5.74, 6) is -0.492. The fraction of sp³-hybridized carbons (Fsp3) is 0.312. The van der Waals surface area contributed by atoms with Gasteiger partial charge in [-0.3, -0.25) is 14.7 Å². The Labute approximate surface area is 133 Å². The van der Waals surface area contributed by atoms with Crippen LogP contribution in [0.5, 0.6) is 5.75 Å². The number of nitrogens with one attached hydrogen (secondary N) is 2. The van der Waals surface area contributed by atoms with E-state index in [9.17, 15) is 9.59 Å². The minimum Gasteiger partial charge on any atom is -0.494 e. The second-order valence-corrected chi connectivity index (χ2v) is 4.96. The number of carbonyl (C=O) groups excluding carboxylic acids is 1. The Morgan fingerprint density at radius 1 is 1.30 bits per heavy atom. The molecule has 2 aromatic rings. The van der Waals surface area contributed by atoms with Crippen molar-refractivity contribution < 1.29 is 19.4 Å². The van der Waals surface area contributed by atoms with Crippen LogP contribution in [0.4, 0.5) is 5.69 Å². The van der Waals surface area contributed by atoms with Gasteiger partial charge in [-0.1, -0.05) is 6.92 Å². The van der Waals surface area contributed by atoms with E-state index < -0.39 is 5.97 Å². The third-order valence-corrected chi connectivity index (χ3v) is 3.16. The fourth-order valence-electron chi connectivity index (χ4n) is 1.90. The number of benzene rings is 1. The molecular formula is C16H19N3O4. The highest BCUT2D eigenvalue weighted by Gasteiger charge is 2.10. The summed E-state index contributed by atoms with van der Waals surface area (Å²) in [5, 5.41) is 18.0. The average Bonchev–Trinajstić information content (AvgIpc) is 3.02. The number of carboxylic acids is 1. The predicted molar refractivity (Wildman–Crippen MR) is 84.7 cm³/mol. The minimum atomic E-state index is -0.837. The lowest BCUT2D eigenvalue weighted by molar-refractivity contribution is -0.137. The maximum Gasteiger partial charge on any atom is 0.303 e. The summed E-state index contributed by atoms with van der Waals surface area (Å²) in [6.45, 7) is 2.31. The van der Waals surface area contributed by atoms with Crippen LogP contribution >= 0.6 is 0 Å². The number of anilines is 1. The van der Waals surface area contributed by atoms with E-state index in [2.05, 4.69) is 15.5 Å². The topological polar surface area (TPSA) is 104 Å². The normalized spacial score (nSPS) is 10.3. The van der Waals surface area contributed by atoms with E-state index in [-0.39, 0.29) is 12.3 Å². The van der Waals surface area contributed by atoms with Crippen molar-refractivity contribution in [1.82, 2.24) is 10.2 Å². The molecule has 7 heteroatoms. The first-order chi connectivity index (χ1) is 11.1. The molecule has 0 atom stereocenters. The van der Waals surface area contributed by atoms with Crippen LogP contribution in [-0.2, 0) is 11.2 Å². The number of carboxylic acid groups (broad SMARTS) is 1. The van der Waals surface area contributed by atoms with Crippen molar-refractivity contribution in [2.45, 2.75) is 26.2 Å². The second-order valence-electron chi connectivity index (χ2n) is 4.96. The number of hydrogen-bond acceptors (Lipinski definition) is 4. The van der Waals surface area contributed by atoms with Crippen molar-refractivity contribution in [2.75, 3.05) is 11.9 Å².